The summed E-state index contributed by atoms with van der Waals surface area (Å²) in [6, 6.07) is 23.4. The Bertz CT molecular complexity index is 3850. The minimum Gasteiger partial charge on any atom is -0.870 e. The number of imidazole rings is 2. The van der Waals surface area contributed by atoms with E-state index in [0.717, 1.165) is 67.2 Å². The smallest absolute Gasteiger partial charge is 0.870 e. The van der Waals surface area contributed by atoms with Crippen LogP contribution in [-0.2, 0) is 25.4 Å². The van der Waals surface area contributed by atoms with Gasteiger partial charge in [0.2, 0.25) is 5.95 Å². The number of benzene rings is 4. The Hall–Kier alpha value is -8.64. The van der Waals surface area contributed by atoms with Crippen LogP contribution in [0.2, 0.25) is 0 Å². The number of carbonyl (C=O) groups is 2. The van der Waals surface area contributed by atoms with E-state index in [2.05, 4.69) is 96.8 Å². The van der Waals surface area contributed by atoms with Crippen LogP contribution in [-0.4, -0.2) is 111 Å². The van der Waals surface area contributed by atoms with E-state index < -0.39 is 16.8 Å². The zero-order valence-corrected chi connectivity index (χ0v) is 50.0. The number of aromatic nitrogens is 14. The summed E-state index contributed by atoms with van der Waals surface area (Å²) in [5.41, 5.74) is 18.9. The largest absolute Gasteiger partial charge is 1.00 e. The van der Waals surface area contributed by atoms with Gasteiger partial charge in [-0.2, -0.15) is 10.2 Å². The number of carboxylic acid groups (broad SMARTS) is 1. The molecule has 0 unspecified atom stereocenters. The number of aliphatic carboxylic acids is 1. The van der Waals surface area contributed by atoms with Gasteiger partial charge in [-0.05, 0) is 130 Å². The third kappa shape index (κ3) is 13.1. The fraction of sp³-hybridized carbons (Fsp3) is 0.310. The van der Waals surface area contributed by atoms with Gasteiger partial charge in [-0.15, -0.1) is 0 Å². The maximum atomic E-state index is 12.4. The molecule has 0 saturated carbocycles. The Morgan fingerprint density at radius 2 is 1.07 bits per heavy atom. The number of hydrogen-bond acceptors (Lipinski definition) is 18. The van der Waals surface area contributed by atoms with E-state index >= 15 is 0 Å². The molecule has 6 heterocycles. The van der Waals surface area contributed by atoms with E-state index in [1.54, 1.807) is 81.4 Å². The fourth-order valence-electron chi connectivity index (χ4n) is 8.79. The van der Waals surface area contributed by atoms with Gasteiger partial charge in [-0.25, -0.2) is 44.3 Å². The van der Waals surface area contributed by atoms with Crippen LogP contribution in [0.3, 0.4) is 0 Å². The number of fused-ring (bicyclic) bond motifs is 2. The van der Waals surface area contributed by atoms with Crippen LogP contribution in [0.4, 0.5) is 11.8 Å². The maximum Gasteiger partial charge on any atom is 1.00 e. The zero-order chi connectivity index (χ0) is 57.3. The number of hydrogen-bond donors (Lipinski definition) is 3. The van der Waals surface area contributed by atoms with Crippen molar-refractivity contribution in [1.29, 1.82) is 0 Å². The summed E-state index contributed by atoms with van der Waals surface area (Å²) in [5.74, 6) is 1.95. The summed E-state index contributed by atoms with van der Waals surface area (Å²) in [7, 11) is 0. The van der Waals surface area contributed by atoms with Crippen LogP contribution in [0, 0.1) is 10.8 Å². The van der Waals surface area contributed by atoms with E-state index in [1.807, 2.05) is 66.7 Å². The van der Waals surface area contributed by atoms with E-state index in [4.69, 9.17) is 35.6 Å². The SMILES string of the molecule is CC(C)(COc1ccc(-c2nc3cc(-c4cnc(N)nc4)ccc3n2C(C)(C)C)c(-n2cncn2)c1)C(=O)O.CCOC(=O)C(C)(C)COc1ccc(-c2nc3cc(-c4cnc(N)cn4)ccc3n2C(C)(C)C)c(-n2cncn2)c1.[Na+].[OH-]. The maximum absolute atomic E-state index is 12.4. The van der Waals surface area contributed by atoms with Crippen molar-refractivity contribution in [3.05, 3.63) is 123 Å². The minimum absolute atomic E-state index is 0. The van der Waals surface area contributed by atoms with Gasteiger partial charge < -0.3 is 45.4 Å². The van der Waals surface area contributed by atoms with E-state index in [9.17, 15) is 14.7 Å². The van der Waals surface area contributed by atoms with Crippen LogP contribution >= 0.6 is 0 Å². The molecule has 82 heavy (non-hydrogen) atoms. The van der Waals surface area contributed by atoms with Crippen molar-refractivity contribution < 1.29 is 63.9 Å². The molecule has 6 N–H and O–H groups in total. The summed E-state index contributed by atoms with van der Waals surface area (Å²) in [4.78, 5) is 59.2. The molecule has 24 heteroatoms. The molecule has 0 aliphatic rings. The molecule has 0 spiro atoms. The molecule has 0 aliphatic heterocycles. The van der Waals surface area contributed by atoms with Crippen molar-refractivity contribution in [3.63, 3.8) is 0 Å². The van der Waals surface area contributed by atoms with Crippen molar-refractivity contribution in [3.8, 4) is 68.0 Å². The number of nitrogens with two attached hydrogens (primary N) is 2. The summed E-state index contributed by atoms with van der Waals surface area (Å²) >= 11 is 0. The van der Waals surface area contributed by atoms with Crippen LogP contribution in [0.25, 0.3) is 78.6 Å². The number of carboxylic acids is 1. The first kappa shape index (κ1) is 61.0. The number of nitrogen functional groups attached to an aromatic ring is 2. The predicted molar refractivity (Wildman–Crippen MR) is 306 cm³/mol. The molecule has 0 saturated heterocycles. The summed E-state index contributed by atoms with van der Waals surface area (Å²) in [5, 5.41) is 18.2. The second-order valence-corrected chi connectivity index (χ2v) is 22.4. The molecular weight excluding hydrogens is 1060 g/mol. The third-order valence-electron chi connectivity index (χ3n) is 13.0. The molecule has 0 fully saturated rings. The number of ether oxygens (including phenoxy) is 3. The second kappa shape index (κ2) is 24.2. The van der Waals surface area contributed by atoms with Crippen molar-refractivity contribution in [2.75, 3.05) is 31.3 Å². The van der Waals surface area contributed by atoms with Crippen LogP contribution < -0.4 is 50.5 Å². The Morgan fingerprint density at radius 1 is 0.585 bits per heavy atom. The fourth-order valence-corrected chi connectivity index (χ4v) is 8.79. The molecule has 0 amide bonds. The van der Waals surface area contributed by atoms with Gasteiger partial charge in [0.15, 0.2) is 0 Å². The quantitative estimate of drug-likeness (QED) is 0.0734. The average molecular weight is 1120 g/mol. The summed E-state index contributed by atoms with van der Waals surface area (Å²) in [6.45, 7) is 21.9. The van der Waals surface area contributed by atoms with Gasteiger partial charge in [0, 0.05) is 57.9 Å². The van der Waals surface area contributed by atoms with E-state index in [1.165, 1.54) is 12.7 Å². The Morgan fingerprint density at radius 3 is 1.51 bits per heavy atom. The summed E-state index contributed by atoms with van der Waals surface area (Å²) in [6.07, 6.45) is 12.8. The number of rotatable bonds is 15. The first-order valence-corrected chi connectivity index (χ1v) is 25.8. The molecule has 0 bridgehead atoms. The van der Waals surface area contributed by atoms with E-state index in [-0.39, 0.29) is 71.2 Å². The van der Waals surface area contributed by atoms with Gasteiger partial charge in [-0.3, -0.25) is 14.6 Å². The van der Waals surface area contributed by atoms with Gasteiger partial charge in [0.05, 0.1) is 69.0 Å². The molecule has 6 aromatic heterocycles. The molecule has 420 valence electrons. The molecule has 0 aliphatic carbocycles. The van der Waals surface area contributed by atoms with Crippen LogP contribution in [0.1, 0.15) is 76.2 Å². The molecule has 10 aromatic rings. The molecule has 0 atom stereocenters. The zero-order valence-electron chi connectivity index (χ0n) is 48.0. The minimum atomic E-state index is -1.04. The van der Waals surface area contributed by atoms with Gasteiger partial charge in [0.25, 0.3) is 0 Å². The van der Waals surface area contributed by atoms with Crippen molar-refractivity contribution in [2.45, 2.75) is 87.2 Å². The van der Waals surface area contributed by atoms with Crippen LogP contribution in [0.15, 0.2) is 123 Å². The predicted octanol–water partition coefficient (Wildman–Crippen LogP) is 6.44. The van der Waals surface area contributed by atoms with Gasteiger partial charge in [-0.1, -0.05) is 12.1 Å². The molecule has 10 rings (SSSR count). The van der Waals surface area contributed by atoms with Gasteiger partial charge >= 0.3 is 41.5 Å². The molecule has 23 nitrogen and oxygen atoms in total. The second-order valence-electron chi connectivity index (χ2n) is 22.4. The Balaban J connectivity index is 0.000000231. The average Bonchev–Trinajstić information content (AvgIpc) is 4.31. The van der Waals surface area contributed by atoms with Crippen molar-refractivity contribution >= 4 is 45.8 Å². The summed E-state index contributed by atoms with van der Waals surface area (Å²) < 4.78 is 24.9. The first-order chi connectivity index (χ1) is 37.9. The Labute approximate surface area is 495 Å². The molecule has 4 aromatic carbocycles. The molecule has 0 radical (unpaired) electrons. The number of esters is 1. The number of anilines is 2. The standard InChI is InChI=1S/C30H34N8O3.C28H30N8O3.Na.H2O/c1-7-40-28(39)30(5,6)16-41-20-9-10-21(25(13-20)37-18-32-17-35-37)27-36-22-12-19(23-14-34-26(31)15-33-23)8-11-24(22)38(27)29(2,3)4;1-27(2,3)36-22-9-6-17(18-12-31-26(29)32-13-18)10-21(22)34-24(36)20-8-7-19(39-14-28(4,5)25(37)38)11-23(20)35-16-30-15-33-35;;/h8-15,17-18H,7,16H2,1-6H3,(H2,31,34);6-13,15-16H,14H2,1-5H3,(H,37,38)(H2,29,31,32);;1H2/q;;+1;/p-1. The number of nitrogens with zero attached hydrogens (tertiary/aromatic N) is 14. The monoisotopic (exact) mass is 1120 g/mol. The van der Waals surface area contributed by atoms with Crippen molar-refractivity contribution in [1.82, 2.24) is 68.6 Å². The van der Waals surface area contributed by atoms with Crippen molar-refractivity contribution in [2.24, 2.45) is 10.8 Å². The number of carbonyl (C=O) groups excluding carboxylic acids is 1. The first-order valence-electron chi connectivity index (χ1n) is 25.8. The van der Waals surface area contributed by atoms with E-state index in [0.29, 0.717) is 35.3 Å². The van der Waals surface area contributed by atoms with Crippen LogP contribution in [0.5, 0.6) is 11.5 Å². The Kier molecular flexibility index (Phi) is 18.0. The van der Waals surface area contributed by atoms with Gasteiger partial charge in [0.1, 0.15) is 67.5 Å². The third-order valence-corrected chi connectivity index (χ3v) is 13.0. The topological polar surface area (TPSA) is 313 Å². The normalized spacial score (nSPS) is 11.8. The molecular formula is C58H65N16NaO7.